The second kappa shape index (κ2) is 4.11. The molecule has 0 aliphatic carbocycles. The molecule has 0 bridgehead atoms. The van der Waals surface area contributed by atoms with Gasteiger partial charge in [-0.15, -0.1) is 0 Å². The highest BCUT2D eigenvalue weighted by molar-refractivity contribution is 9.10. The summed E-state index contributed by atoms with van der Waals surface area (Å²) in [5.74, 6) is -1.00. The molecule has 0 fully saturated rings. The lowest BCUT2D eigenvalue weighted by molar-refractivity contribution is 0.0597. The number of nitriles is 1. The minimum absolute atomic E-state index is 0.0665. The molecular formula is C9H6BrNO3. The van der Waals surface area contributed by atoms with Gasteiger partial charge in [0, 0.05) is 4.47 Å². The predicted octanol–water partition coefficient (Wildman–Crippen LogP) is 1.81. The van der Waals surface area contributed by atoms with Crippen LogP contribution in [0.3, 0.4) is 0 Å². The molecule has 0 saturated heterocycles. The maximum atomic E-state index is 11.2. The minimum Gasteiger partial charge on any atom is -0.507 e. The highest BCUT2D eigenvalue weighted by atomic mass is 79.9. The predicted molar refractivity (Wildman–Crippen MR) is 51.9 cm³/mol. The summed E-state index contributed by atoms with van der Waals surface area (Å²) >= 11 is 3.10. The van der Waals surface area contributed by atoms with Gasteiger partial charge >= 0.3 is 5.97 Å². The highest BCUT2D eigenvalue weighted by Gasteiger charge is 2.19. The Morgan fingerprint density at radius 2 is 2.29 bits per heavy atom. The lowest BCUT2D eigenvalue weighted by Crippen LogP contribution is -2.05. The number of phenols is 1. The Kier molecular flexibility index (Phi) is 3.10. The zero-order valence-corrected chi connectivity index (χ0v) is 8.83. The van der Waals surface area contributed by atoms with Gasteiger partial charge in [0.1, 0.15) is 17.4 Å². The van der Waals surface area contributed by atoms with Crippen molar-refractivity contribution in [3.8, 4) is 11.8 Å². The molecule has 0 unspecified atom stereocenters. The first-order valence-electron chi connectivity index (χ1n) is 3.61. The van der Waals surface area contributed by atoms with Crippen LogP contribution in [0.25, 0.3) is 0 Å². The van der Waals surface area contributed by atoms with Crippen molar-refractivity contribution in [2.75, 3.05) is 7.11 Å². The number of rotatable bonds is 1. The number of carbonyl (C=O) groups is 1. The molecule has 0 aliphatic heterocycles. The van der Waals surface area contributed by atoms with E-state index in [9.17, 15) is 9.90 Å². The fourth-order valence-corrected chi connectivity index (χ4v) is 1.40. The van der Waals surface area contributed by atoms with Gasteiger partial charge in [0.15, 0.2) is 0 Å². The Balaban J connectivity index is 3.47. The molecule has 0 aliphatic rings. The number of benzene rings is 1. The molecule has 14 heavy (non-hydrogen) atoms. The van der Waals surface area contributed by atoms with Crippen molar-refractivity contribution in [1.29, 1.82) is 5.26 Å². The zero-order chi connectivity index (χ0) is 10.7. The summed E-state index contributed by atoms with van der Waals surface area (Å²) in [5, 5.41) is 18.1. The van der Waals surface area contributed by atoms with E-state index in [1.165, 1.54) is 19.2 Å². The van der Waals surface area contributed by atoms with Gasteiger partial charge in [-0.1, -0.05) is 0 Å². The Morgan fingerprint density at radius 1 is 1.64 bits per heavy atom. The van der Waals surface area contributed by atoms with E-state index in [-0.39, 0.29) is 16.9 Å². The van der Waals surface area contributed by atoms with E-state index in [0.717, 1.165) is 0 Å². The van der Waals surface area contributed by atoms with Gasteiger partial charge in [-0.05, 0) is 28.1 Å². The molecule has 4 nitrogen and oxygen atoms in total. The van der Waals surface area contributed by atoms with Crippen LogP contribution in [0.15, 0.2) is 16.6 Å². The van der Waals surface area contributed by atoms with Gasteiger partial charge in [-0.25, -0.2) is 4.79 Å². The minimum atomic E-state index is -0.736. The average molecular weight is 256 g/mol. The van der Waals surface area contributed by atoms with Gasteiger partial charge in [-0.2, -0.15) is 5.26 Å². The van der Waals surface area contributed by atoms with E-state index >= 15 is 0 Å². The standard InChI is InChI=1S/C9H6BrNO3/c1-14-9(13)8-5(4-11)6(10)2-3-7(8)12/h2-3,12H,1H3. The van der Waals surface area contributed by atoms with Crippen molar-refractivity contribution in [3.63, 3.8) is 0 Å². The molecule has 72 valence electrons. The third kappa shape index (κ3) is 1.70. The number of methoxy groups -OCH3 is 1. The Hall–Kier alpha value is -1.54. The molecule has 0 atom stereocenters. The molecule has 0 aromatic heterocycles. The fourth-order valence-electron chi connectivity index (χ4n) is 0.984. The summed E-state index contributed by atoms with van der Waals surface area (Å²) in [7, 11) is 1.18. The normalized spacial score (nSPS) is 9.21. The molecule has 0 saturated carbocycles. The molecule has 5 heteroatoms. The molecule has 0 radical (unpaired) electrons. The van der Waals surface area contributed by atoms with Crippen LogP contribution < -0.4 is 0 Å². The fraction of sp³-hybridized carbons (Fsp3) is 0.111. The average Bonchev–Trinajstić information content (AvgIpc) is 2.19. The van der Waals surface area contributed by atoms with E-state index in [2.05, 4.69) is 20.7 Å². The Bertz CT molecular complexity index is 423. The van der Waals surface area contributed by atoms with Crippen molar-refractivity contribution >= 4 is 21.9 Å². The van der Waals surface area contributed by atoms with E-state index in [0.29, 0.717) is 4.47 Å². The lowest BCUT2D eigenvalue weighted by Gasteiger charge is -2.05. The Morgan fingerprint density at radius 3 is 2.79 bits per heavy atom. The summed E-state index contributed by atoms with van der Waals surface area (Å²) in [6, 6.07) is 4.62. The lowest BCUT2D eigenvalue weighted by atomic mass is 10.1. The van der Waals surface area contributed by atoms with Crippen LogP contribution in [-0.2, 0) is 4.74 Å². The molecular weight excluding hydrogens is 250 g/mol. The van der Waals surface area contributed by atoms with Crippen LogP contribution in [0.1, 0.15) is 15.9 Å². The van der Waals surface area contributed by atoms with Crippen LogP contribution in [0.4, 0.5) is 0 Å². The maximum absolute atomic E-state index is 11.2. The molecule has 1 N–H and O–H groups in total. The molecule has 1 aromatic carbocycles. The third-order valence-electron chi connectivity index (χ3n) is 1.63. The zero-order valence-electron chi connectivity index (χ0n) is 7.24. The van der Waals surface area contributed by atoms with Crippen molar-refractivity contribution < 1.29 is 14.6 Å². The van der Waals surface area contributed by atoms with Crippen molar-refractivity contribution in [1.82, 2.24) is 0 Å². The second-order valence-electron chi connectivity index (χ2n) is 2.42. The summed E-state index contributed by atoms with van der Waals surface area (Å²) in [6.45, 7) is 0. The van der Waals surface area contributed by atoms with Crippen LogP contribution in [0, 0.1) is 11.3 Å². The SMILES string of the molecule is COC(=O)c1c(O)ccc(Br)c1C#N. The summed E-state index contributed by atoms with van der Waals surface area (Å²) < 4.78 is 4.89. The van der Waals surface area contributed by atoms with Gasteiger partial charge in [0.25, 0.3) is 0 Å². The first-order valence-corrected chi connectivity index (χ1v) is 4.41. The highest BCUT2D eigenvalue weighted by Crippen LogP contribution is 2.28. The molecule has 0 heterocycles. The number of hydrogen-bond donors (Lipinski definition) is 1. The van der Waals surface area contributed by atoms with E-state index in [4.69, 9.17) is 5.26 Å². The van der Waals surface area contributed by atoms with Gasteiger partial charge in [0.05, 0.1) is 12.7 Å². The third-order valence-corrected chi connectivity index (χ3v) is 2.29. The van der Waals surface area contributed by atoms with Gasteiger partial charge in [0.2, 0.25) is 0 Å². The second-order valence-corrected chi connectivity index (χ2v) is 3.27. The van der Waals surface area contributed by atoms with Crippen molar-refractivity contribution in [3.05, 3.63) is 27.7 Å². The van der Waals surface area contributed by atoms with E-state index in [1.54, 1.807) is 0 Å². The smallest absolute Gasteiger partial charge is 0.343 e. The largest absolute Gasteiger partial charge is 0.507 e. The van der Waals surface area contributed by atoms with E-state index in [1.807, 2.05) is 6.07 Å². The van der Waals surface area contributed by atoms with Gasteiger partial charge < -0.3 is 9.84 Å². The van der Waals surface area contributed by atoms with Crippen LogP contribution in [0.5, 0.6) is 5.75 Å². The number of nitrogens with zero attached hydrogens (tertiary/aromatic N) is 1. The first-order chi connectivity index (χ1) is 6.61. The Labute approximate surface area is 88.9 Å². The van der Waals surface area contributed by atoms with Crippen molar-refractivity contribution in [2.45, 2.75) is 0 Å². The number of phenolic OH excluding ortho intramolecular Hbond substituents is 1. The number of esters is 1. The number of carbonyl (C=O) groups excluding carboxylic acids is 1. The molecule has 1 aromatic rings. The molecule has 0 amide bonds. The number of aromatic hydroxyl groups is 1. The topological polar surface area (TPSA) is 70.3 Å². The van der Waals surface area contributed by atoms with Crippen LogP contribution in [-0.4, -0.2) is 18.2 Å². The molecule has 0 spiro atoms. The first kappa shape index (κ1) is 10.5. The summed E-state index contributed by atoms with van der Waals surface area (Å²) in [4.78, 5) is 11.2. The summed E-state index contributed by atoms with van der Waals surface area (Å²) in [6.07, 6.45) is 0. The maximum Gasteiger partial charge on any atom is 0.343 e. The molecule has 1 rings (SSSR count). The number of halogens is 1. The van der Waals surface area contributed by atoms with Gasteiger partial charge in [-0.3, -0.25) is 0 Å². The van der Waals surface area contributed by atoms with E-state index < -0.39 is 5.97 Å². The van der Waals surface area contributed by atoms with Crippen molar-refractivity contribution in [2.24, 2.45) is 0 Å². The number of ether oxygens (including phenoxy) is 1. The monoisotopic (exact) mass is 255 g/mol. The quantitative estimate of drug-likeness (QED) is 0.778. The summed E-state index contributed by atoms with van der Waals surface area (Å²) in [5.41, 5.74) is -0.0544. The number of hydrogen-bond acceptors (Lipinski definition) is 4. The van der Waals surface area contributed by atoms with Crippen LogP contribution >= 0.6 is 15.9 Å². The van der Waals surface area contributed by atoms with Crippen LogP contribution in [0.2, 0.25) is 0 Å².